The summed E-state index contributed by atoms with van der Waals surface area (Å²) in [4.78, 5) is 12.0. The monoisotopic (exact) mass is 327 g/mol. The molecule has 0 spiro atoms. The van der Waals surface area contributed by atoms with Crippen molar-refractivity contribution < 1.29 is 22.7 Å². The zero-order valence-electron chi connectivity index (χ0n) is 12.7. The van der Waals surface area contributed by atoms with E-state index in [-0.39, 0.29) is 18.4 Å². The van der Waals surface area contributed by atoms with Crippen molar-refractivity contribution >= 4 is 5.91 Å². The van der Waals surface area contributed by atoms with Crippen molar-refractivity contribution in [1.29, 1.82) is 0 Å². The highest BCUT2D eigenvalue weighted by Gasteiger charge is 2.27. The second kappa shape index (κ2) is 8.15. The largest absolute Gasteiger partial charge is 0.411 e. The lowest BCUT2D eigenvalue weighted by Gasteiger charge is -2.17. The van der Waals surface area contributed by atoms with E-state index in [1.165, 1.54) is 0 Å². The van der Waals surface area contributed by atoms with Crippen molar-refractivity contribution in [2.24, 2.45) is 5.92 Å². The lowest BCUT2D eigenvalue weighted by atomic mass is 9.93. The third-order valence-corrected chi connectivity index (χ3v) is 3.66. The molecule has 1 atom stereocenters. The molecule has 1 amide bonds. The van der Waals surface area contributed by atoms with Crippen LogP contribution in [0.4, 0.5) is 13.2 Å². The molecule has 0 radical (unpaired) electrons. The molecule has 1 aliphatic rings. The van der Waals surface area contributed by atoms with Gasteiger partial charge in [-0.15, -0.1) is 0 Å². The Morgan fingerprint density at radius 1 is 1.17 bits per heavy atom. The topological polar surface area (TPSA) is 38.3 Å². The first-order valence-electron chi connectivity index (χ1n) is 7.59. The number of hydrogen-bond donors (Lipinski definition) is 1. The molecule has 1 aliphatic carbocycles. The van der Waals surface area contributed by atoms with Crippen LogP contribution in [-0.4, -0.2) is 18.7 Å². The molecular formula is C17H20F3NO2. The van der Waals surface area contributed by atoms with Crippen molar-refractivity contribution in [1.82, 2.24) is 5.32 Å². The molecule has 23 heavy (non-hydrogen) atoms. The van der Waals surface area contributed by atoms with Crippen molar-refractivity contribution in [3.63, 3.8) is 0 Å². The Labute approximate surface area is 133 Å². The highest BCUT2D eigenvalue weighted by atomic mass is 19.4. The Morgan fingerprint density at radius 3 is 2.48 bits per heavy atom. The Kier molecular flexibility index (Phi) is 6.21. The van der Waals surface area contributed by atoms with E-state index in [9.17, 15) is 18.0 Å². The van der Waals surface area contributed by atoms with Gasteiger partial charge in [0, 0.05) is 12.5 Å². The van der Waals surface area contributed by atoms with Crippen molar-refractivity contribution in [3.8, 4) is 0 Å². The second-order valence-corrected chi connectivity index (χ2v) is 5.62. The predicted octanol–water partition coefficient (Wildman–Crippen LogP) is 3.74. The van der Waals surface area contributed by atoms with Gasteiger partial charge in [-0.05, 0) is 30.4 Å². The molecule has 3 nitrogen and oxygen atoms in total. The number of halogens is 3. The summed E-state index contributed by atoms with van der Waals surface area (Å²) < 4.78 is 40.5. The van der Waals surface area contributed by atoms with Crippen LogP contribution in [0.3, 0.4) is 0 Å². The van der Waals surface area contributed by atoms with E-state index >= 15 is 0 Å². The number of allylic oxidation sites excluding steroid dienone is 2. The zero-order chi connectivity index (χ0) is 16.7. The molecule has 0 heterocycles. The van der Waals surface area contributed by atoms with Crippen molar-refractivity contribution in [2.75, 3.05) is 6.61 Å². The van der Waals surface area contributed by atoms with E-state index in [0.29, 0.717) is 12.1 Å². The number of rotatable bonds is 6. The summed E-state index contributed by atoms with van der Waals surface area (Å²) in [6.45, 7) is -0.913. The molecule has 1 aromatic rings. The highest BCUT2D eigenvalue weighted by molar-refractivity contribution is 5.78. The zero-order valence-corrected chi connectivity index (χ0v) is 12.7. The fourth-order valence-electron chi connectivity index (χ4n) is 2.40. The van der Waals surface area contributed by atoms with Gasteiger partial charge in [-0.25, -0.2) is 0 Å². The summed E-state index contributed by atoms with van der Waals surface area (Å²) in [5, 5.41) is 2.90. The van der Waals surface area contributed by atoms with E-state index in [1.54, 1.807) is 24.3 Å². The third-order valence-electron chi connectivity index (χ3n) is 3.66. The first-order valence-corrected chi connectivity index (χ1v) is 7.59. The third kappa shape index (κ3) is 6.44. The number of ether oxygens (including phenoxy) is 1. The van der Waals surface area contributed by atoms with Crippen LogP contribution in [0.15, 0.2) is 36.4 Å². The van der Waals surface area contributed by atoms with Crippen LogP contribution in [-0.2, 0) is 22.7 Å². The van der Waals surface area contributed by atoms with Gasteiger partial charge in [0.2, 0.25) is 5.91 Å². The first-order chi connectivity index (χ1) is 10.9. The number of nitrogens with one attached hydrogen (secondary N) is 1. The van der Waals surface area contributed by atoms with Crippen molar-refractivity contribution in [3.05, 3.63) is 47.5 Å². The van der Waals surface area contributed by atoms with Crippen LogP contribution in [0, 0.1) is 5.92 Å². The molecule has 1 aromatic carbocycles. The minimum atomic E-state index is -4.31. The van der Waals surface area contributed by atoms with Crippen LogP contribution >= 0.6 is 0 Å². The van der Waals surface area contributed by atoms with Gasteiger partial charge in [0.1, 0.15) is 6.61 Å². The van der Waals surface area contributed by atoms with Crippen molar-refractivity contribution in [2.45, 2.75) is 38.6 Å². The van der Waals surface area contributed by atoms with Crippen LogP contribution in [0.2, 0.25) is 0 Å². The number of benzene rings is 1. The van der Waals surface area contributed by atoms with Crippen LogP contribution < -0.4 is 5.32 Å². The molecule has 2 rings (SSSR count). The molecule has 1 unspecified atom stereocenters. The van der Waals surface area contributed by atoms with E-state index in [2.05, 4.69) is 16.1 Å². The minimum Gasteiger partial charge on any atom is -0.367 e. The van der Waals surface area contributed by atoms with Crippen LogP contribution in [0.1, 0.15) is 30.4 Å². The maximum Gasteiger partial charge on any atom is 0.411 e. The summed E-state index contributed by atoms with van der Waals surface area (Å²) in [7, 11) is 0. The van der Waals surface area contributed by atoms with Gasteiger partial charge < -0.3 is 10.1 Å². The molecule has 1 N–H and O–H groups in total. The molecule has 0 bridgehead atoms. The average molecular weight is 327 g/mol. The quantitative estimate of drug-likeness (QED) is 0.809. The molecule has 0 fully saturated rings. The second-order valence-electron chi connectivity index (χ2n) is 5.62. The standard InChI is InChI=1S/C17H20F3NO2/c18-17(19,20)12-23-11-14-8-6-13(7-9-14)10-21-16(22)15-4-2-1-3-5-15/h1-2,6-9,15H,3-5,10-12H2,(H,21,22). The van der Waals surface area contributed by atoms with Gasteiger partial charge in [0.05, 0.1) is 6.61 Å². The average Bonchev–Trinajstić information content (AvgIpc) is 2.53. The summed E-state index contributed by atoms with van der Waals surface area (Å²) in [5.41, 5.74) is 1.58. The maximum atomic E-state index is 12.0. The van der Waals surface area contributed by atoms with Gasteiger partial charge in [-0.2, -0.15) is 13.2 Å². The van der Waals surface area contributed by atoms with E-state index in [1.807, 2.05) is 6.08 Å². The van der Waals surface area contributed by atoms with E-state index < -0.39 is 12.8 Å². The lowest BCUT2D eigenvalue weighted by Crippen LogP contribution is -2.30. The molecule has 0 aliphatic heterocycles. The molecule has 0 saturated carbocycles. The van der Waals surface area contributed by atoms with Crippen LogP contribution in [0.5, 0.6) is 0 Å². The molecule has 6 heteroatoms. The number of alkyl halides is 3. The van der Waals surface area contributed by atoms with Gasteiger partial charge in [-0.1, -0.05) is 36.4 Å². The SMILES string of the molecule is O=C(NCc1ccc(COCC(F)(F)F)cc1)C1CC=CCC1. The number of carbonyl (C=O) groups excluding carboxylic acids is 1. The van der Waals surface area contributed by atoms with Gasteiger partial charge in [-0.3, -0.25) is 4.79 Å². The highest BCUT2D eigenvalue weighted by Crippen LogP contribution is 2.18. The molecule has 126 valence electrons. The number of carbonyl (C=O) groups is 1. The molecule has 0 saturated heterocycles. The summed E-state index contributed by atoms with van der Waals surface area (Å²) in [6.07, 6.45) is 2.40. The Hall–Kier alpha value is -1.82. The van der Waals surface area contributed by atoms with Crippen LogP contribution in [0.25, 0.3) is 0 Å². The van der Waals surface area contributed by atoms with Gasteiger partial charge in [0.25, 0.3) is 0 Å². The smallest absolute Gasteiger partial charge is 0.367 e. The number of hydrogen-bond acceptors (Lipinski definition) is 2. The van der Waals surface area contributed by atoms with E-state index in [0.717, 1.165) is 24.8 Å². The maximum absolute atomic E-state index is 12.0. The fourth-order valence-corrected chi connectivity index (χ4v) is 2.40. The minimum absolute atomic E-state index is 0.0371. The normalized spacial score (nSPS) is 18.0. The molecular weight excluding hydrogens is 307 g/mol. The fraction of sp³-hybridized carbons (Fsp3) is 0.471. The summed E-state index contributed by atoms with van der Waals surface area (Å²) >= 11 is 0. The summed E-state index contributed by atoms with van der Waals surface area (Å²) in [5.74, 6) is 0.0852. The number of amides is 1. The van der Waals surface area contributed by atoms with Gasteiger partial charge >= 0.3 is 6.18 Å². The Morgan fingerprint density at radius 2 is 1.87 bits per heavy atom. The first kappa shape index (κ1) is 17.5. The lowest BCUT2D eigenvalue weighted by molar-refractivity contribution is -0.176. The predicted molar refractivity (Wildman–Crippen MR) is 80.5 cm³/mol. The summed E-state index contributed by atoms with van der Waals surface area (Å²) in [6, 6.07) is 6.99. The van der Waals surface area contributed by atoms with E-state index in [4.69, 9.17) is 0 Å². The van der Waals surface area contributed by atoms with Gasteiger partial charge in [0.15, 0.2) is 0 Å². The Bertz CT molecular complexity index is 538. The molecule has 0 aromatic heterocycles. The Balaban J connectivity index is 1.74.